The molecular weight excluding hydrogens is 371 g/mol. The molecule has 4 nitrogen and oxygen atoms in total. The molecule has 2 aromatic rings. The summed E-state index contributed by atoms with van der Waals surface area (Å²) in [7, 11) is 0. The van der Waals surface area contributed by atoms with Crippen LogP contribution in [0, 0.1) is 17.5 Å². The summed E-state index contributed by atoms with van der Waals surface area (Å²) in [5.41, 5.74) is 0.126. The van der Waals surface area contributed by atoms with Crippen molar-refractivity contribution in [1.82, 2.24) is 0 Å². The van der Waals surface area contributed by atoms with Crippen LogP contribution in [0.5, 0.6) is 0 Å². The first kappa shape index (κ1) is 19.5. The molecule has 0 spiro atoms. The Balaban J connectivity index is 1.95. The second-order valence-corrected chi connectivity index (χ2v) is 5.61. The van der Waals surface area contributed by atoms with Crippen molar-refractivity contribution in [2.45, 2.75) is 13.0 Å². The van der Waals surface area contributed by atoms with Crippen LogP contribution in [0.2, 0.25) is 5.02 Å². The minimum absolute atomic E-state index is 0.541. The number of benzene rings is 2. The van der Waals surface area contributed by atoms with Crippen LogP contribution in [0.1, 0.15) is 12.5 Å². The number of hydrogen-bond donors (Lipinski definition) is 1. The van der Waals surface area contributed by atoms with Crippen LogP contribution in [0.15, 0.2) is 42.5 Å². The Kier molecular flexibility index (Phi) is 6.41. The summed E-state index contributed by atoms with van der Waals surface area (Å²) in [5, 5.41) is 2.57. The van der Waals surface area contributed by atoms with Gasteiger partial charge in [0.25, 0.3) is 5.91 Å². The number of ether oxygens (including phenoxy) is 1. The van der Waals surface area contributed by atoms with Crippen molar-refractivity contribution in [3.05, 3.63) is 70.5 Å². The zero-order valence-electron chi connectivity index (χ0n) is 13.4. The van der Waals surface area contributed by atoms with Gasteiger partial charge < -0.3 is 10.1 Å². The summed E-state index contributed by atoms with van der Waals surface area (Å²) < 4.78 is 44.4. The lowest BCUT2D eigenvalue weighted by molar-refractivity contribution is -0.148. The predicted octanol–water partition coefficient (Wildman–Crippen LogP) is 4.34. The second kappa shape index (κ2) is 8.53. The topological polar surface area (TPSA) is 55.4 Å². The highest BCUT2D eigenvalue weighted by Crippen LogP contribution is 2.20. The normalized spacial score (nSPS) is 12.0. The summed E-state index contributed by atoms with van der Waals surface area (Å²) >= 11 is 5.74. The molecule has 2 rings (SSSR count). The van der Waals surface area contributed by atoms with E-state index >= 15 is 0 Å². The Morgan fingerprint density at radius 3 is 2.38 bits per heavy atom. The molecule has 136 valence electrons. The number of hydrogen-bond acceptors (Lipinski definition) is 3. The molecule has 8 heteroatoms. The van der Waals surface area contributed by atoms with Crippen molar-refractivity contribution < 1.29 is 27.5 Å². The lowest BCUT2D eigenvalue weighted by atomic mass is 10.2. The fourth-order valence-corrected chi connectivity index (χ4v) is 1.99. The number of anilines is 1. The Bertz CT molecular complexity index is 854. The van der Waals surface area contributed by atoms with Gasteiger partial charge in [-0.05, 0) is 42.8 Å². The number of carbonyl (C=O) groups is 2. The fourth-order valence-electron chi connectivity index (χ4n) is 1.86. The average molecular weight is 384 g/mol. The molecule has 1 atom stereocenters. The smallest absolute Gasteiger partial charge is 0.331 e. The van der Waals surface area contributed by atoms with E-state index in [1.54, 1.807) is 24.3 Å². The quantitative estimate of drug-likeness (QED) is 0.474. The molecule has 0 radical (unpaired) electrons. The van der Waals surface area contributed by atoms with E-state index in [1.165, 1.54) is 13.0 Å². The molecule has 26 heavy (non-hydrogen) atoms. The van der Waals surface area contributed by atoms with Crippen LogP contribution in [-0.2, 0) is 14.3 Å². The van der Waals surface area contributed by atoms with E-state index in [4.69, 9.17) is 16.3 Å². The number of halogens is 4. The highest BCUT2D eigenvalue weighted by molar-refractivity contribution is 6.30. The SMILES string of the molecule is CC(OC(=O)/C=C/c1ccc(Cl)cc1)C(=O)Nc1ccc(F)c(F)c1F. The maximum atomic E-state index is 13.5. The van der Waals surface area contributed by atoms with Gasteiger partial charge in [-0.1, -0.05) is 23.7 Å². The van der Waals surface area contributed by atoms with E-state index in [9.17, 15) is 22.8 Å². The first-order valence-corrected chi connectivity index (χ1v) is 7.74. The van der Waals surface area contributed by atoms with Crippen molar-refractivity contribution in [3.8, 4) is 0 Å². The van der Waals surface area contributed by atoms with E-state index in [1.807, 2.05) is 5.32 Å². The molecular formula is C18H13ClF3NO3. The zero-order chi connectivity index (χ0) is 19.3. The molecule has 0 saturated carbocycles. The van der Waals surface area contributed by atoms with Crippen molar-refractivity contribution in [2.75, 3.05) is 5.32 Å². The Morgan fingerprint density at radius 1 is 1.08 bits per heavy atom. The molecule has 0 heterocycles. The van der Waals surface area contributed by atoms with Crippen molar-refractivity contribution >= 4 is 35.2 Å². The summed E-state index contributed by atoms with van der Waals surface area (Å²) in [6, 6.07) is 8.15. The van der Waals surface area contributed by atoms with Crippen LogP contribution in [0.4, 0.5) is 18.9 Å². The average Bonchev–Trinajstić information content (AvgIpc) is 2.61. The van der Waals surface area contributed by atoms with E-state index < -0.39 is 41.1 Å². The first-order chi connectivity index (χ1) is 12.3. The van der Waals surface area contributed by atoms with Gasteiger partial charge in [0, 0.05) is 11.1 Å². The third-order valence-electron chi connectivity index (χ3n) is 3.24. The summed E-state index contributed by atoms with van der Waals surface area (Å²) in [4.78, 5) is 23.6. The third kappa shape index (κ3) is 5.10. The second-order valence-electron chi connectivity index (χ2n) is 5.18. The van der Waals surface area contributed by atoms with E-state index in [-0.39, 0.29) is 0 Å². The van der Waals surface area contributed by atoms with E-state index in [0.717, 1.165) is 12.1 Å². The van der Waals surface area contributed by atoms with Crippen LogP contribution in [0.25, 0.3) is 6.08 Å². The van der Waals surface area contributed by atoms with Crippen LogP contribution in [0.3, 0.4) is 0 Å². The standard InChI is InChI=1S/C18H13ClF3NO3/c1-10(18(25)23-14-8-7-13(20)16(21)17(14)22)26-15(24)9-4-11-2-5-12(19)6-3-11/h2-10H,1H3,(H,23,25)/b9-4+. The van der Waals surface area contributed by atoms with Gasteiger partial charge in [-0.3, -0.25) is 4.79 Å². The summed E-state index contributed by atoms with van der Waals surface area (Å²) in [6.45, 7) is 1.25. The maximum Gasteiger partial charge on any atom is 0.331 e. The van der Waals surface area contributed by atoms with Crippen molar-refractivity contribution in [3.63, 3.8) is 0 Å². The summed E-state index contributed by atoms with van der Waals surface area (Å²) in [5.74, 6) is -6.35. The molecule has 0 aliphatic rings. The van der Waals surface area contributed by atoms with Crippen molar-refractivity contribution in [2.24, 2.45) is 0 Å². The molecule has 1 unspecified atom stereocenters. The van der Waals surface area contributed by atoms with E-state index in [2.05, 4.69) is 0 Å². The third-order valence-corrected chi connectivity index (χ3v) is 3.49. The van der Waals surface area contributed by atoms with Gasteiger partial charge in [0.05, 0.1) is 5.69 Å². The molecule has 2 aromatic carbocycles. The van der Waals surface area contributed by atoms with Crippen molar-refractivity contribution in [1.29, 1.82) is 0 Å². The monoisotopic (exact) mass is 383 g/mol. The van der Waals surface area contributed by atoms with Gasteiger partial charge >= 0.3 is 5.97 Å². The molecule has 0 aliphatic heterocycles. The largest absolute Gasteiger partial charge is 0.449 e. The number of amides is 1. The highest BCUT2D eigenvalue weighted by atomic mass is 35.5. The lowest BCUT2D eigenvalue weighted by Crippen LogP contribution is -2.29. The van der Waals surface area contributed by atoms with Gasteiger partial charge in [0.2, 0.25) is 0 Å². The first-order valence-electron chi connectivity index (χ1n) is 7.36. The molecule has 0 bridgehead atoms. The maximum absolute atomic E-state index is 13.5. The lowest BCUT2D eigenvalue weighted by Gasteiger charge is -2.13. The molecule has 0 fully saturated rings. The van der Waals surface area contributed by atoms with Gasteiger partial charge in [0.1, 0.15) is 0 Å². The predicted molar refractivity (Wildman–Crippen MR) is 91.0 cm³/mol. The van der Waals surface area contributed by atoms with Crippen LogP contribution in [-0.4, -0.2) is 18.0 Å². The van der Waals surface area contributed by atoms with Gasteiger partial charge in [-0.25, -0.2) is 18.0 Å². The molecule has 0 saturated heterocycles. The van der Waals surface area contributed by atoms with Crippen LogP contribution < -0.4 is 5.32 Å². The Labute approximate surface area is 152 Å². The molecule has 1 N–H and O–H groups in total. The minimum Gasteiger partial charge on any atom is -0.449 e. The fraction of sp³-hybridized carbons (Fsp3) is 0.111. The number of rotatable bonds is 5. The van der Waals surface area contributed by atoms with Gasteiger partial charge in [-0.15, -0.1) is 0 Å². The Morgan fingerprint density at radius 2 is 1.73 bits per heavy atom. The minimum atomic E-state index is -1.71. The number of carbonyl (C=O) groups excluding carboxylic acids is 2. The molecule has 0 aliphatic carbocycles. The van der Waals surface area contributed by atoms with Gasteiger partial charge in [0.15, 0.2) is 23.6 Å². The van der Waals surface area contributed by atoms with Crippen LogP contribution >= 0.6 is 11.6 Å². The number of esters is 1. The highest BCUT2D eigenvalue weighted by Gasteiger charge is 2.20. The van der Waals surface area contributed by atoms with E-state index in [0.29, 0.717) is 16.7 Å². The number of nitrogens with one attached hydrogen (secondary N) is 1. The molecule has 1 amide bonds. The van der Waals surface area contributed by atoms with Gasteiger partial charge in [-0.2, -0.15) is 0 Å². The molecule has 0 aromatic heterocycles. The Hall–Kier alpha value is -2.80. The summed E-state index contributed by atoms with van der Waals surface area (Å²) in [6.07, 6.45) is 1.27. The zero-order valence-corrected chi connectivity index (χ0v) is 14.2.